The molecular weight excluding hydrogens is 500 g/mol. The number of ether oxygens (including phenoxy) is 2. The number of carbonyl (C=O) groups excluding carboxylic acids is 3. The Morgan fingerprint density at radius 2 is 1.74 bits per heavy atom. The number of urea groups is 1. The minimum Gasteiger partial charge on any atom is -0.493 e. The van der Waals surface area contributed by atoms with Crippen molar-refractivity contribution in [1.29, 1.82) is 0 Å². The van der Waals surface area contributed by atoms with Crippen LogP contribution in [0.1, 0.15) is 16.7 Å². The van der Waals surface area contributed by atoms with Crippen molar-refractivity contribution in [3.05, 3.63) is 93.5 Å². The van der Waals surface area contributed by atoms with Gasteiger partial charge in [0.05, 0.1) is 12.8 Å². The second-order valence-electron chi connectivity index (χ2n) is 7.57. The molecule has 3 aromatic rings. The van der Waals surface area contributed by atoms with Gasteiger partial charge in [-0.15, -0.1) is 0 Å². The standard InChI is InChI=1S/C26H21BrN2O5/c1-16-12-19(27)9-10-21(16)29-25(31)20(24(30)28-26(29)32)13-18-8-11-22(23(14-18)33-2)34-15-17-6-4-3-5-7-17/h3-14H,15H2,1-2H3,(H,28,30,32)/b20-13+. The molecule has 0 aromatic heterocycles. The molecule has 1 heterocycles. The average Bonchev–Trinajstić information content (AvgIpc) is 2.82. The number of imide groups is 2. The lowest BCUT2D eigenvalue weighted by Gasteiger charge is -2.27. The van der Waals surface area contributed by atoms with E-state index in [1.54, 1.807) is 43.3 Å². The third-order valence-corrected chi connectivity index (χ3v) is 5.73. The molecule has 7 nitrogen and oxygen atoms in total. The van der Waals surface area contributed by atoms with E-state index >= 15 is 0 Å². The van der Waals surface area contributed by atoms with Crippen LogP contribution in [0.25, 0.3) is 6.08 Å². The molecule has 4 amide bonds. The molecule has 3 aromatic carbocycles. The maximum absolute atomic E-state index is 13.2. The maximum atomic E-state index is 13.2. The van der Waals surface area contributed by atoms with E-state index in [0.29, 0.717) is 34.9 Å². The highest BCUT2D eigenvalue weighted by Gasteiger charge is 2.37. The number of nitrogens with zero attached hydrogens (tertiary/aromatic N) is 1. The molecule has 1 aliphatic heterocycles. The summed E-state index contributed by atoms with van der Waals surface area (Å²) >= 11 is 3.37. The molecule has 4 rings (SSSR count). The summed E-state index contributed by atoms with van der Waals surface area (Å²) in [6.45, 7) is 2.14. The number of barbiturate groups is 1. The first-order chi connectivity index (χ1) is 16.4. The molecule has 8 heteroatoms. The first-order valence-electron chi connectivity index (χ1n) is 10.4. The molecule has 0 unspecified atom stereocenters. The highest BCUT2D eigenvalue weighted by molar-refractivity contribution is 9.10. The molecular formula is C26H21BrN2O5. The molecule has 0 spiro atoms. The van der Waals surface area contributed by atoms with Crippen molar-refractivity contribution in [1.82, 2.24) is 5.32 Å². The Balaban J connectivity index is 1.62. The fourth-order valence-electron chi connectivity index (χ4n) is 3.54. The van der Waals surface area contributed by atoms with Gasteiger partial charge in [-0.2, -0.15) is 0 Å². The van der Waals surface area contributed by atoms with Crippen LogP contribution >= 0.6 is 15.9 Å². The largest absolute Gasteiger partial charge is 0.493 e. The Kier molecular flexibility index (Phi) is 6.79. The second kappa shape index (κ2) is 9.93. The van der Waals surface area contributed by atoms with Crippen LogP contribution in [0.15, 0.2) is 76.8 Å². The van der Waals surface area contributed by atoms with Gasteiger partial charge in [-0.1, -0.05) is 52.3 Å². The Morgan fingerprint density at radius 3 is 2.44 bits per heavy atom. The summed E-state index contributed by atoms with van der Waals surface area (Å²) < 4.78 is 12.1. The third-order valence-electron chi connectivity index (χ3n) is 5.24. The minimum atomic E-state index is -0.792. The molecule has 0 aliphatic carbocycles. The van der Waals surface area contributed by atoms with Crippen molar-refractivity contribution in [2.75, 3.05) is 12.0 Å². The van der Waals surface area contributed by atoms with E-state index in [4.69, 9.17) is 9.47 Å². The van der Waals surface area contributed by atoms with E-state index in [1.807, 2.05) is 30.3 Å². The number of benzene rings is 3. The van der Waals surface area contributed by atoms with Gasteiger partial charge >= 0.3 is 6.03 Å². The van der Waals surface area contributed by atoms with Gasteiger partial charge < -0.3 is 9.47 Å². The molecule has 1 fully saturated rings. The Morgan fingerprint density at radius 1 is 0.971 bits per heavy atom. The molecule has 34 heavy (non-hydrogen) atoms. The van der Waals surface area contributed by atoms with Gasteiger partial charge in [-0.3, -0.25) is 14.9 Å². The third kappa shape index (κ3) is 4.87. The number of hydrogen-bond donors (Lipinski definition) is 1. The topological polar surface area (TPSA) is 84.9 Å². The van der Waals surface area contributed by atoms with Crippen LogP contribution in [0, 0.1) is 6.92 Å². The van der Waals surface area contributed by atoms with Crippen LogP contribution in [0.5, 0.6) is 11.5 Å². The van der Waals surface area contributed by atoms with Crippen molar-refractivity contribution >= 4 is 45.5 Å². The number of anilines is 1. The highest BCUT2D eigenvalue weighted by atomic mass is 79.9. The Labute approximate surface area is 205 Å². The van der Waals surface area contributed by atoms with E-state index in [1.165, 1.54) is 13.2 Å². The van der Waals surface area contributed by atoms with Crippen LogP contribution in [0.2, 0.25) is 0 Å². The fraction of sp³-hybridized carbons (Fsp3) is 0.115. The second-order valence-corrected chi connectivity index (χ2v) is 8.49. The number of halogens is 1. The van der Waals surface area contributed by atoms with Crippen molar-refractivity contribution in [2.24, 2.45) is 0 Å². The van der Waals surface area contributed by atoms with E-state index < -0.39 is 17.8 Å². The molecule has 1 saturated heterocycles. The van der Waals surface area contributed by atoms with Crippen LogP contribution in [-0.4, -0.2) is 25.0 Å². The Bertz CT molecular complexity index is 1300. The highest BCUT2D eigenvalue weighted by Crippen LogP contribution is 2.31. The molecule has 0 radical (unpaired) electrons. The number of carbonyl (C=O) groups is 3. The molecule has 0 bridgehead atoms. The maximum Gasteiger partial charge on any atom is 0.335 e. The predicted molar refractivity (Wildman–Crippen MR) is 132 cm³/mol. The summed E-state index contributed by atoms with van der Waals surface area (Å²) in [5.41, 5.74) is 2.49. The number of amides is 4. The first-order valence-corrected chi connectivity index (χ1v) is 11.2. The summed E-state index contributed by atoms with van der Waals surface area (Å²) in [5.74, 6) is -0.493. The van der Waals surface area contributed by atoms with Crippen LogP contribution < -0.4 is 19.7 Å². The number of hydrogen-bond acceptors (Lipinski definition) is 5. The number of aryl methyl sites for hydroxylation is 1. The number of rotatable bonds is 6. The summed E-state index contributed by atoms with van der Waals surface area (Å²) in [4.78, 5) is 39.1. The van der Waals surface area contributed by atoms with Gasteiger partial charge in [0.2, 0.25) is 0 Å². The zero-order valence-electron chi connectivity index (χ0n) is 18.5. The number of methoxy groups -OCH3 is 1. The Hall–Kier alpha value is -3.91. The monoisotopic (exact) mass is 520 g/mol. The normalized spacial score (nSPS) is 14.9. The van der Waals surface area contributed by atoms with Crippen molar-refractivity contribution in [3.63, 3.8) is 0 Å². The van der Waals surface area contributed by atoms with Crippen LogP contribution in [0.3, 0.4) is 0 Å². The van der Waals surface area contributed by atoms with Gasteiger partial charge in [0.1, 0.15) is 12.2 Å². The van der Waals surface area contributed by atoms with Crippen molar-refractivity contribution < 1.29 is 23.9 Å². The SMILES string of the molecule is COc1cc(/C=C2\C(=O)NC(=O)N(c3ccc(Br)cc3C)C2=O)ccc1OCc1ccccc1. The predicted octanol–water partition coefficient (Wildman–Crippen LogP) is 5.01. The van der Waals surface area contributed by atoms with Gasteiger partial charge in [-0.05, 0) is 60.0 Å². The zero-order valence-corrected chi connectivity index (χ0v) is 20.1. The lowest BCUT2D eigenvalue weighted by molar-refractivity contribution is -0.122. The van der Waals surface area contributed by atoms with Gasteiger partial charge in [0.15, 0.2) is 11.5 Å². The molecule has 1 aliphatic rings. The zero-order chi connectivity index (χ0) is 24.2. The van der Waals surface area contributed by atoms with Gasteiger partial charge in [-0.25, -0.2) is 9.69 Å². The van der Waals surface area contributed by atoms with Crippen LogP contribution in [-0.2, 0) is 16.2 Å². The smallest absolute Gasteiger partial charge is 0.335 e. The summed E-state index contributed by atoms with van der Waals surface area (Å²) in [7, 11) is 1.51. The molecule has 1 N–H and O–H groups in total. The van der Waals surface area contributed by atoms with Gasteiger partial charge in [0, 0.05) is 4.47 Å². The van der Waals surface area contributed by atoms with E-state index in [2.05, 4.69) is 21.2 Å². The van der Waals surface area contributed by atoms with Gasteiger partial charge in [0.25, 0.3) is 11.8 Å². The lowest BCUT2D eigenvalue weighted by atomic mass is 10.1. The number of nitrogens with one attached hydrogen (secondary N) is 1. The first kappa shape index (κ1) is 23.3. The summed E-state index contributed by atoms with van der Waals surface area (Å²) in [6, 6.07) is 19.2. The summed E-state index contributed by atoms with van der Waals surface area (Å²) in [5, 5.41) is 2.24. The summed E-state index contributed by atoms with van der Waals surface area (Å²) in [6.07, 6.45) is 1.43. The molecule has 0 saturated carbocycles. The minimum absolute atomic E-state index is 0.165. The van der Waals surface area contributed by atoms with E-state index in [9.17, 15) is 14.4 Å². The van der Waals surface area contributed by atoms with E-state index in [-0.39, 0.29) is 5.57 Å². The van der Waals surface area contributed by atoms with Crippen LogP contribution in [0.4, 0.5) is 10.5 Å². The van der Waals surface area contributed by atoms with Crippen molar-refractivity contribution in [2.45, 2.75) is 13.5 Å². The average molecular weight is 521 g/mol. The van der Waals surface area contributed by atoms with E-state index in [0.717, 1.165) is 14.9 Å². The molecule has 172 valence electrons. The van der Waals surface area contributed by atoms with Crippen molar-refractivity contribution in [3.8, 4) is 11.5 Å². The fourth-order valence-corrected chi connectivity index (χ4v) is 4.02. The quantitative estimate of drug-likeness (QED) is 0.364. The molecule has 0 atom stereocenters. The lowest BCUT2D eigenvalue weighted by Crippen LogP contribution is -2.54.